The minimum absolute atomic E-state index is 0.543. The lowest BCUT2D eigenvalue weighted by atomic mass is 10.1. The number of rotatable bonds is 2. The molecule has 0 unspecified atom stereocenters. The van der Waals surface area contributed by atoms with Crippen LogP contribution in [-0.4, -0.2) is 4.98 Å². The van der Waals surface area contributed by atoms with Gasteiger partial charge in [0.15, 0.2) is 0 Å². The lowest BCUT2D eigenvalue weighted by Crippen LogP contribution is -1.92. The summed E-state index contributed by atoms with van der Waals surface area (Å²) < 4.78 is 0. The molecule has 1 aromatic heterocycles. The van der Waals surface area contributed by atoms with Gasteiger partial charge >= 0.3 is 0 Å². The van der Waals surface area contributed by atoms with E-state index >= 15 is 0 Å². The molecular weight excluding hydrogens is 273 g/mol. The molecule has 1 heterocycles. The molecule has 88 valence electrons. The van der Waals surface area contributed by atoms with Crippen molar-refractivity contribution in [3.63, 3.8) is 0 Å². The highest BCUT2D eigenvalue weighted by atomic mass is 35.5. The van der Waals surface area contributed by atoms with Crippen LogP contribution in [0.5, 0.6) is 0 Å². The Morgan fingerprint density at radius 3 is 2.47 bits per heavy atom. The lowest BCUT2D eigenvalue weighted by Gasteiger charge is -2.06. The van der Waals surface area contributed by atoms with E-state index in [9.17, 15) is 0 Å². The average Bonchev–Trinajstić information content (AvgIpc) is 2.32. The maximum Gasteiger partial charge on any atom is 0.0705 e. The zero-order valence-corrected chi connectivity index (χ0v) is 11.7. The fraction of sp³-hybridized carbons (Fsp3) is 0.154. The first kappa shape index (κ1) is 12.7. The van der Waals surface area contributed by atoms with Gasteiger partial charge in [0.1, 0.15) is 0 Å². The highest BCUT2D eigenvalue weighted by Crippen LogP contribution is 2.28. The molecule has 0 saturated heterocycles. The zero-order chi connectivity index (χ0) is 12.4. The summed E-state index contributed by atoms with van der Waals surface area (Å²) in [5, 5.41) is 1.10. The fourth-order valence-electron chi connectivity index (χ4n) is 1.57. The van der Waals surface area contributed by atoms with Crippen LogP contribution in [0.4, 0.5) is 0 Å². The zero-order valence-electron chi connectivity index (χ0n) is 9.24. The third-order valence-electron chi connectivity index (χ3n) is 2.58. The number of nitrogens with zero attached hydrogens (tertiary/aromatic N) is 1. The summed E-state index contributed by atoms with van der Waals surface area (Å²) in [4.78, 5) is 4.53. The van der Waals surface area contributed by atoms with Crippen molar-refractivity contribution in [3.05, 3.63) is 51.6 Å². The third kappa shape index (κ3) is 2.76. The van der Waals surface area contributed by atoms with Crippen molar-refractivity contribution >= 4 is 35.8 Å². The second kappa shape index (κ2) is 5.30. The molecule has 0 aliphatic rings. The Morgan fingerprint density at radius 2 is 1.88 bits per heavy atom. The number of pyridine rings is 1. The maximum atomic E-state index is 5.99. The number of thiol groups is 1. The number of benzene rings is 1. The van der Waals surface area contributed by atoms with E-state index in [4.69, 9.17) is 23.2 Å². The molecule has 0 atom stereocenters. The van der Waals surface area contributed by atoms with Crippen molar-refractivity contribution in [3.8, 4) is 11.3 Å². The van der Waals surface area contributed by atoms with Gasteiger partial charge in [-0.05, 0) is 30.7 Å². The minimum atomic E-state index is 0.543. The van der Waals surface area contributed by atoms with Gasteiger partial charge in [-0.25, -0.2) is 0 Å². The molecule has 0 spiro atoms. The van der Waals surface area contributed by atoms with Gasteiger partial charge in [-0.15, -0.1) is 0 Å². The van der Waals surface area contributed by atoms with Crippen LogP contribution in [0.15, 0.2) is 30.3 Å². The summed E-state index contributed by atoms with van der Waals surface area (Å²) in [6, 6.07) is 9.52. The van der Waals surface area contributed by atoms with E-state index in [0.717, 1.165) is 22.5 Å². The summed E-state index contributed by atoms with van der Waals surface area (Å²) in [5.74, 6) is 0.695. The van der Waals surface area contributed by atoms with Crippen molar-refractivity contribution < 1.29 is 0 Å². The van der Waals surface area contributed by atoms with Crippen molar-refractivity contribution in [2.75, 3.05) is 0 Å². The number of aryl methyl sites for hydroxylation is 1. The molecule has 2 rings (SSSR count). The third-order valence-corrected chi connectivity index (χ3v) is 3.66. The van der Waals surface area contributed by atoms with Gasteiger partial charge in [0.2, 0.25) is 0 Å². The first-order valence-electron chi connectivity index (χ1n) is 5.14. The minimum Gasteiger partial charge on any atom is -0.253 e. The predicted molar refractivity (Wildman–Crippen MR) is 77.1 cm³/mol. The van der Waals surface area contributed by atoms with E-state index in [2.05, 4.69) is 17.6 Å². The Labute approximate surface area is 116 Å². The van der Waals surface area contributed by atoms with Gasteiger partial charge in [-0.1, -0.05) is 35.3 Å². The van der Waals surface area contributed by atoms with Gasteiger partial charge in [-0.3, -0.25) is 4.98 Å². The second-order valence-corrected chi connectivity index (χ2v) is 4.86. The highest BCUT2D eigenvalue weighted by molar-refractivity contribution is 7.79. The van der Waals surface area contributed by atoms with Gasteiger partial charge in [0, 0.05) is 17.0 Å². The van der Waals surface area contributed by atoms with Gasteiger partial charge < -0.3 is 0 Å². The molecule has 0 fully saturated rings. The van der Waals surface area contributed by atoms with Crippen LogP contribution >= 0.6 is 35.8 Å². The molecule has 0 N–H and O–H groups in total. The summed E-state index contributed by atoms with van der Waals surface area (Å²) in [7, 11) is 0. The largest absolute Gasteiger partial charge is 0.253 e. The molecule has 17 heavy (non-hydrogen) atoms. The Morgan fingerprint density at radius 1 is 1.12 bits per heavy atom. The number of hydrogen-bond donors (Lipinski definition) is 1. The summed E-state index contributed by atoms with van der Waals surface area (Å²) in [5.41, 5.74) is 3.99. The maximum absolute atomic E-state index is 5.99. The molecule has 1 aromatic carbocycles. The van der Waals surface area contributed by atoms with Crippen LogP contribution < -0.4 is 0 Å². The monoisotopic (exact) mass is 283 g/mol. The van der Waals surface area contributed by atoms with Crippen LogP contribution in [0.3, 0.4) is 0 Å². The van der Waals surface area contributed by atoms with E-state index in [0.29, 0.717) is 15.8 Å². The van der Waals surface area contributed by atoms with Crippen LogP contribution in [-0.2, 0) is 5.75 Å². The Kier molecular flexibility index (Phi) is 3.97. The highest BCUT2D eigenvalue weighted by Gasteiger charge is 2.05. The quantitative estimate of drug-likeness (QED) is 0.782. The van der Waals surface area contributed by atoms with Crippen LogP contribution in [0.1, 0.15) is 11.3 Å². The fourth-order valence-corrected chi connectivity index (χ4v) is 2.21. The average molecular weight is 284 g/mol. The van der Waals surface area contributed by atoms with E-state index < -0.39 is 0 Å². The molecule has 1 nitrogen and oxygen atoms in total. The summed E-state index contributed by atoms with van der Waals surface area (Å²) in [6.45, 7) is 1.98. The van der Waals surface area contributed by atoms with Crippen molar-refractivity contribution in [2.24, 2.45) is 0 Å². The molecular formula is C13H11Cl2NS. The van der Waals surface area contributed by atoms with E-state index in [-0.39, 0.29) is 0 Å². The standard InChI is InChI=1S/C13H11Cl2NS/c1-8-10(7-17)3-5-13(16-8)9-2-4-11(14)12(15)6-9/h2-6,17H,7H2,1H3. The molecule has 0 saturated carbocycles. The van der Waals surface area contributed by atoms with Crippen LogP contribution in [0.2, 0.25) is 10.0 Å². The van der Waals surface area contributed by atoms with Gasteiger partial charge in [0.25, 0.3) is 0 Å². The smallest absolute Gasteiger partial charge is 0.0705 e. The molecule has 0 amide bonds. The lowest BCUT2D eigenvalue weighted by molar-refractivity contribution is 1.15. The van der Waals surface area contributed by atoms with E-state index in [1.807, 2.05) is 31.2 Å². The van der Waals surface area contributed by atoms with E-state index in [1.54, 1.807) is 6.07 Å². The number of aromatic nitrogens is 1. The van der Waals surface area contributed by atoms with Crippen molar-refractivity contribution in [1.29, 1.82) is 0 Å². The normalized spacial score (nSPS) is 10.6. The molecule has 0 bridgehead atoms. The van der Waals surface area contributed by atoms with E-state index in [1.165, 1.54) is 0 Å². The van der Waals surface area contributed by atoms with Crippen LogP contribution in [0, 0.1) is 6.92 Å². The molecule has 0 aliphatic carbocycles. The molecule has 0 radical (unpaired) electrons. The predicted octanol–water partition coefficient (Wildman–Crippen LogP) is 4.79. The Hall–Kier alpha value is -0.700. The van der Waals surface area contributed by atoms with Crippen molar-refractivity contribution in [2.45, 2.75) is 12.7 Å². The topological polar surface area (TPSA) is 12.9 Å². The SMILES string of the molecule is Cc1nc(-c2ccc(Cl)c(Cl)c2)ccc1CS. The summed E-state index contributed by atoms with van der Waals surface area (Å²) >= 11 is 16.1. The number of halogens is 2. The molecule has 0 aliphatic heterocycles. The van der Waals surface area contributed by atoms with Crippen molar-refractivity contribution in [1.82, 2.24) is 4.98 Å². The second-order valence-electron chi connectivity index (χ2n) is 3.73. The first-order valence-corrected chi connectivity index (χ1v) is 6.53. The van der Waals surface area contributed by atoms with Gasteiger partial charge in [-0.2, -0.15) is 12.6 Å². The Balaban J connectivity index is 2.46. The van der Waals surface area contributed by atoms with Gasteiger partial charge in [0.05, 0.1) is 15.7 Å². The molecule has 2 aromatic rings. The Bertz CT molecular complexity index is 555. The van der Waals surface area contributed by atoms with Crippen LogP contribution in [0.25, 0.3) is 11.3 Å². The first-order chi connectivity index (χ1) is 8.11. The summed E-state index contributed by atoms with van der Waals surface area (Å²) in [6.07, 6.45) is 0. The molecule has 4 heteroatoms. The number of hydrogen-bond acceptors (Lipinski definition) is 2.